The van der Waals surface area contributed by atoms with Crippen LogP contribution < -0.4 is 0 Å². The molecule has 23 aromatic rings. The molecule has 3 atom stereocenters. The summed E-state index contributed by atoms with van der Waals surface area (Å²) in [6.07, 6.45) is 0. The van der Waals surface area contributed by atoms with Gasteiger partial charge in [-0.25, -0.2) is 0 Å². The van der Waals surface area contributed by atoms with Gasteiger partial charge >= 0.3 is 0 Å². The van der Waals surface area contributed by atoms with Crippen LogP contribution in [0.3, 0.4) is 0 Å². The molecule has 0 radical (unpaired) electrons. The fourth-order valence-electron chi connectivity index (χ4n) is 24.3. The van der Waals surface area contributed by atoms with Crippen molar-refractivity contribution in [3.8, 4) is 83.6 Å². The monoisotopic (exact) mass is 1650 g/mol. The van der Waals surface area contributed by atoms with Crippen molar-refractivity contribution in [1.29, 1.82) is 0 Å². The van der Waals surface area contributed by atoms with Gasteiger partial charge in [0, 0.05) is 39.8 Å². The van der Waals surface area contributed by atoms with Crippen LogP contribution in [0.4, 0.5) is 0 Å². The SMILES string of the molecule is c1ccc(C2(c3ccccc3)c3ccccc3-c3c2ccc2c3C(c3ccc4ccccc4c3)c3ccc(-c4ccc5c(c4)-c4ccccc4C5c4ccc5ccccc5c4)cc3-2)cc1.c1ccc(C2(c3ccccc3)c3ccccc3-c3ccc4c5cc(-c6ccc7c(c6)-c6ccccc6C7c6ccc7ccccc7c6)ccc5n(-c5ccc6ccccc6c5)c4c32)cc1. The minimum absolute atomic E-state index is 0.0543. The highest BCUT2D eigenvalue weighted by atomic mass is 15.0. The first-order chi connectivity index (χ1) is 64.5. The van der Waals surface area contributed by atoms with Gasteiger partial charge in [-0.1, -0.05) is 443 Å². The number of aromatic nitrogens is 1. The predicted molar refractivity (Wildman–Crippen MR) is 541 cm³/mol. The van der Waals surface area contributed by atoms with Crippen LogP contribution in [-0.4, -0.2) is 4.57 Å². The molecule has 1 heteroatoms. The Morgan fingerprint density at radius 3 is 1.05 bits per heavy atom. The van der Waals surface area contributed by atoms with E-state index in [-0.39, 0.29) is 17.8 Å². The Morgan fingerprint density at radius 2 is 0.554 bits per heavy atom. The lowest BCUT2D eigenvalue weighted by Crippen LogP contribution is -2.29. The maximum atomic E-state index is 2.57. The first-order valence-corrected chi connectivity index (χ1v) is 45.8. The highest BCUT2D eigenvalue weighted by Crippen LogP contribution is 2.65. The Bertz CT molecular complexity index is 8540. The van der Waals surface area contributed by atoms with Crippen molar-refractivity contribution in [3.05, 3.63) is 580 Å². The lowest BCUT2D eigenvalue weighted by molar-refractivity contribution is 0.767. The first kappa shape index (κ1) is 74.0. The summed E-state index contributed by atoms with van der Waals surface area (Å²) >= 11 is 0. The standard InChI is InChI=1S/C65H42.C64H41N/c1-3-19-49(20-4-1)65(50-21-5-2-6-22-50)59-26-14-13-25-56(59)63-60(65)36-35-55-58-40-46(32-34-54(58)62(64(55)63)48-30-28-42-16-8-10-18-44(42)38-48)45-31-33-53-57(39-45)51-23-11-12-24-52(51)61(53)47-29-27-41-15-7-9-17-43(41)37-47;1-3-19-48(20-4-1)64(49-21-5-2-6-22-49)59-26-14-13-24-52(59)55-34-35-56-58-40-46(31-36-60(58)65(63(56)62(55)64)50-32-29-42-16-8-10-18-44(42)38-50)45-30-33-54-57(39-45)51-23-11-12-25-53(51)61(54)47-28-27-41-15-7-9-17-43(41)37-47/h1-40,61-62H;1-40,61H. The van der Waals surface area contributed by atoms with Gasteiger partial charge < -0.3 is 4.57 Å². The summed E-state index contributed by atoms with van der Waals surface area (Å²) in [6, 6.07) is 183. The largest absolute Gasteiger partial charge is 0.309 e. The van der Waals surface area contributed by atoms with E-state index in [2.05, 4.69) is 490 Å². The van der Waals surface area contributed by atoms with Crippen molar-refractivity contribution in [2.24, 2.45) is 0 Å². The van der Waals surface area contributed by atoms with Gasteiger partial charge in [0.15, 0.2) is 0 Å². The third kappa shape index (κ3) is 10.9. The van der Waals surface area contributed by atoms with Gasteiger partial charge in [0.05, 0.1) is 21.9 Å². The molecule has 0 bridgehead atoms. The van der Waals surface area contributed by atoms with Crippen LogP contribution in [0.2, 0.25) is 0 Å². The fraction of sp³-hybridized carbons (Fsp3) is 0.0388. The van der Waals surface area contributed by atoms with E-state index in [1.165, 1.54) is 237 Å². The van der Waals surface area contributed by atoms with E-state index in [1.807, 2.05) is 0 Å². The molecule has 0 aliphatic heterocycles. The molecule has 604 valence electrons. The Balaban J connectivity index is 0.000000134. The molecule has 0 N–H and O–H groups in total. The summed E-state index contributed by atoms with van der Waals surface area (Å²) in [5, 5.41) is 12.6. The Labute approximate surface area is 756 Å². The molecule has 28 rings (SSSR count). The molecule has 1 heterocycles. The van der Waals surface area contributed by atoms with Crippen molar-refractivity contribution in [3.63, 3.8) is 0 Å². The maximum absolute atomic E-state index is 2.57. The van der Waals surface area contributed by atoms with Gasteiger partial charge in [-0.15, -0.1) is 0 Å². The summed E-state index contributed by atoms with van der Waals surface area (Å²) in [7, 11) is 0. The van der Waals surface area contributed by atoms with Crippen molar-refractivity contribution in [1.82, 2.24) is 4.57 Å². The van der Waals surface area contributed by atoms with Crippen LogP contribution in [0.25, 0.3) is 148 Å². The number of nitrogens with zero attached hydrogens (tertiary/aromatic N) is 1. The van der Waals surface area contributed by atoms with Crippen LogP contribution >= 0.6 is 0 Å². The van der Waals surface area contributed by atoms with Crippen LogP contribution in [0.15, 0.2) is 485 Å². The summed E-state index contributed by atoms with van der Waals surface area (Å²) < 4.78 is 2.57. The molecule has 0 saturated carbocycles. The zero-order chi connectivity index (χ0) is 85.3. The lowest BCUT2D eigenvalue weighted by Gasteiger charge is -2.34. The summed E-state index contributed by atoms with van der Waals surface area (Å²) in [5.74, 6) is 0.430. The maximum Gasteiger partial charge on any atom is 0.0734 e. The molecule has 0 saturated heterocycles. The van der Waals surface area contributed by atoms with Gasteiger partial charge in [-0.3, -0.25) is 0 Å². The molecule has 5 aliphatic carbocycles. The molecule has 1 nitrogen and oxygen atoms in total. The van der Waals surface area contributed by atoms with Crippen LogP contribution in [0, 0.1) is 0 Å². The first-order valence-electron chi connectivity index (χ1n) is 45.8. The predicted octanol–water partition coefficient (Wildman–Crippen LogP) is 32.6. The summed E-state index contributed by atoms with van der Waals surface area (Å²) in [5.41, 5.74) is 43.4. The van der Waals surface area contributed by atoms with Gasteiger partial charge in [0.1, 0.15) is 0 Å². The van der Waals surface area contributed by atoms with E-state index in [0.29, 0.717) is 0 Å². The lowest BCUT2D eigenvalue weighted by atomic mass is 9.67. The minimum Gasteiger partial charge on any atom is -0.309 e. The van der Waals surface area contributed by atoms with Gasteiger partial charge in [0.2, 0.25) is 0 Å². The summed E-state index contributed by atoms with van der Waals surface area (Å²) in [6.45, 7) is 0. The van der Waals surface area contributed by atoms with E-state index in [0.717, 1.165) is 5.69 Å². The van der Waals surface area contributed by atoms with Gasteiger partial charge in [-0.05, 0) is 252 Å². The Hall–Kier alpha value is -16.3. The van der Waals surface area contributed by atoms with E-state index in [1.54, 1.807) is 0 Å². The molecular weight excluding hydrogens is 1560 g/mol. The normalized spacial score (nSPS) is 15.1. The zero-order valence-electron chi connectivity index (χ0n) is 71.4. The molecule has 0 fully saturated rings. The second kappa shape index (κ2) is 29.1. The fourth-order valence-corrected chi connectivity index (χ4v) is 24.3. The molecular formula is C129H83N. The molecule has 5 aliphatic rings. The van der Waals surface area contributed by atoms with Crippen LogP contribution in [-0.2, 0) is 10.8 Å². The molecule has 1 aromatic heterocycles. The second-order valence-electron chi connectivity index (χ2n) is 36.2. The van der Waals surface area contributed by atoms with Gasteiger partial charge in [-0.2, -0.15) is 0 Å². The van der Waals surface area contributed by atoms with Crippen molar-refractivity contribution >= 4 is 64.9 Å². The second-order valence-corrected chi connectivity index (χ2v) is 36.2. The molecule has 3 unspecified atom stereocenters. The van der Waals surface area contributed by atoms with Gasteiger partial charge in [0.25, 0.3) is 0 Å². The third-order valence-corrected chi connectivity index (χ3v) is 29.8. The molecule has 130 heavy (non-hydrogen) atoms. The summed E-state index contributed by atoms with van der Waals surface area (Å²) in [4.78, 5) is 0. The highest BCUT2D eigenvalue weighted by molar-refractivity contribution is 6.15. The number of hydrogen-bond acceptors (Lipinski definition) is 0. The minimum atomic E-state index is -0.561. The van der Waals surface area contributed by atoms with Crippen LogP contribution in [0.5, 0.6) is 0 Å². The number of benzene rings is 22. The third-order valence-electron chi connectivity index (χ3n) is 29.8. The van der Waals surface area contributed by atoms with Crippen molar-refractivity contribution in [2.75, 3.05) is 0 Å². The van der Waals surface area contributed by atoms with E-state index >= 15 is 0 Å². The molecule has 0 amide bonds. The van der Waals surface area contributed by atoms with E-state index in [9.17, 15) is 0 Å². The Kier molecular flexibility index (Phi) is 16.6. The van der Waals surface area contributed by atoms with Crippen molar-refractivity contribution < 1.29 is 0 Å². The highest BCUT2D eigenvalue weighted by Gasteiger charge is 2.51. The number of hydrogen-bond donors (Lipinski definition) is 0. The quantitative estimate of drug-likeness (QED) is 0.129. The zero-order valence-corrected chi connectivity index (χ0v) is 71.4. The van der Waals surface area contributed by atoms with E-state index in [4.69, 9.17) is 0 Å². The van der Waals surface area contributed by atoms with E-state index < -0.39 is 10.8 Å². The average Bonchev–Trinajstić information content (AvgIpc) is 1.52. The topological polar surface area (TPSA) is 4.93 Å². The number of rotatable bonds is 10. The number of fused-ring (bicyclic) bond motifs is 24. The average molecular weight is 1650 g/mol. The Morgan fingerprint density at radius 1 is 0.192 bits per heavy atom. The molecule has 0 spiro atoms. The van der Waals surface area contributed by atoms with Crippen molar-refractivity contribution in [2.45, 2.75) is 28.6 Å². The smallest absolute Gasteiger partial charge is 0.0734 e. The van der Waals surface area contributed by atoms with Crippen LogP contribution in [0.1, 0.15) is 112 Å². The molecule has 22 aromatic carbocycles.